The smallest absolute Gasteiger partial charge is 0.124 e. The number of fused-ring (bicyclic) bond motifs is 2. The molecule has 94 valence electrons. The van der Waals surface area contributed by atoms with Crippen molar-refractivity contribution in [3.63, 3.8) is 0 Å². The maximum atomic E-state index is 4.81. The molecule has 19 heavy (non-hydrogen) atoms. The van der Waals surface area contributed by atoms with Gasteiger partial charge in [0, 0.05) is 17.8 Å². The monoisotopic (exact) mass is 266 g/mol. The molecule has 1 aliphatic heterocycles. The summed E-state index contributed by atoms with van der Waals surface area (Å²) in [6.45, 7) is 3.18. The van der Waals surface area contributed by atoms with Crippen molar-refractivity contribution < 1.29 is 0 Å². The molecule has 4 rings (SSSR count). The molecule has 0 atom stereocenters. The first-order valence-electron chi connectivity index (χ1n) is 6.54. The Morgan fingerprint density at radius 3 is 3.05 bits per heavy atom. The van der Waals surface area contributed by atoms with E-state index in [0.29, 0.717) is 0 Å². The number of anilines is 1. The van der Waals surface area contributed by atoms with Gasteiger partial charge in [-0.15, -0.1) is 11.3 Å². The number of hydrogen-bond acceptors (Lipinski definition) is 3. The Labute approximate surface area is 116 Å². The molecule has 0 spiro atoms. The summed E-state index contributed by atoms with van der Waals surface area (Å²) >= 11 is 1.78. The molecule has 2 aromatic carbocycles. The molecule has 2 heterocycles. The van der Waals surface area contributed by atoms with Crippen LogP contribution in [0.15, 0.2) is 36.4 Å². The number of benzene rings is 2. The van der Waals surface area contributed by atoms with Crippen LogP contribution in [0.5, 0.6) is 0 Å². The summed E-state index contributed by atoms with van der Waals surface area (Å²) < 4.78 is 1.27. The summed E-state index contributed by atoms with van der Waals surface area (Å²) in [7, 11) is 0. The summed E-state index contributed by atoms with van der Waals surface area (Å²) in [5.74, 6) is 0. The molecular weight excluding hydrogens is 252 g/mol. The predicted octanol–water partition coefficient (Wildman–Crippen LogP) is 4.24. The SMILES string of the molecule is Cc1cccc2sc(-c3ccc4c(c3)CCN4)nc12. The summed E-state index contributed by atoms with van der Waals surface area (Å²) in [6, 6.07) is 13.0. The van der Waals surface area contributed by atoms with Crippen molar-refractivity contribution in [3.05, 3.63) is 47.5 Å². The van der Waals surface area contributed by atoms with Crippen LogP contribution in [-0.4, -0.2) is 11.5 Å². The third kappa shape index (κ3) is 1.73. The van der Waals surface area contributed by atoms with Gasteiger partial charge in [0.2, 0.25) is 0 Å². The number of nitrogens with one attached hydrogen (secondary N) is 1. The number of rotatable bonds is 1. The molecule has 3 heteroatoms. The number of para-hydroxylation sites is 1. The standard InChI is InChI=1S/C16H14N2S/c1-10-3-2-4-14-15(10)18-16(19-14)12-5-6-13-11(9-12)7-8-17-13/h2-6,9,17H,7-8H2,1H3. The van der Waals surface area contributed by atoms with Crippen LogP contribution in [0.1, 0.15) is 11.1 Å². The van der Waals surface area contributed by atoms with Crippen LogP contribution in [0.3, 0.4) is 0 Å². The fraction of sp³-hybridized carbons (Fsp3) is 0.188. The molecule has 0 saturated heterocycles. The second-order valence-corrected chi connectivity index (χ2v) is 6.02. The molecule has 2 nitrogen and oxygen atoms in total. The van der Waals surface area contributed by atoms with Gasteiger partial charge in [-0.2, -0.15) is 0 Å². The molecule has 0 saturated carbocycles. The van der Waals surface area contributed by atoms with Gasteiger partial charge in [-0.05, 0) is 48.7 Å². The van der Waals surface area contributed by atoms with Crippen LogP contribution in [0.2, 0.25) is 0 Å². The van der Waals surface area contributed by atoms with Crippen LogP contribution in [-0.2, 0) is 6.42 Å². The Hall–Kier alpha value is -1.87. The minimum Gasteiger partial charge on any atom is -0.384 e. The Morgan fingerprint density at radius 2 is 2.16 bits per heavy atom. The van der Waals surface area contributed by atoms with Crippen molar-refractivity contribution in [1.29, 1.82) is 0 Å². The molecule has 0 amide bonds. The van der Waals surface area contributed by atoms with Gasteiger partial charge in [0.1, 0.15) is 5.01 Å². The first kappa shape index (κ1) is 11.0. The van der Waals surface area contributed by atoms with Crippen molar-refractivity contribution in [3.8, 4) is 10.6 Å². The lowest BCUT2D eigenvalue weighted by atomic mass is 10.1. The molecule has 1 aliphatic rings. The van der Waals surface area contributed by atoms with Crippen molar-refractivity contribution >= 4 is 27.2 Å². The lowest BCUT2D eigenvalue weighted by molar-refractivity contribution is 1.11. The summed E-state index contributed by atoms with van der Waals surface area (Å²) in [4.78, 5) is 4.81. The van der Waals surface area contributed by atoms with Crippen molar-refractivity contribution in [1.82, 2.24) is 4.98 Å². The average Bonchev–Trinajstić information content (AvgIpc) is 3.04. The molecule has 0 fully saturated rings. The molecule has 0 unspecified atom stereocenters. The summed E-state index contributed by atoms with van der Waals surface area (Å²) in [6.07, 6.45) is 1.12. The van der Waals surface area contributed by atoms with E-state index >= 15 is 0 Å². The Balaban J connectivity index is 1.88. The van der Waals surface area contributed by atoms with E-state index in [1.165, 1.54) is 27.1 Å². The Kier molecular flexibility index (Phi) is 2.35. The topological polar surface area (TPSA) is 24.9 Å². The van der Waals surface area contributed by atoms with Gasteiger partial charge in [0.05, 0.1) is 10.2 Å². The van der Waals surface area contributed by atoms with E-state index in [1.54, 1.807) is 11.3 Å². The van der Waals surface area contributed by atoms with Gasteiger partial charge in [0.15, 0.2) is 0 Å². The molecule has 0 bridgehead atoms. The quantitative estimate of drug-likeness (QED) is 0.712. The molecule has 0 aliphatic carbocycles. The van der Waals surface area contributed by atoms with Gasteiger partial charge >= 0.3 is 0 Å². The maximum Gasteiger partial charge on any atom is 0.124 e. The number of thiazole rings is 1. The fourth-order valence-corrected chi connectivity index (χ4v) is 3.69. The molecular formula is C16H14N2S. The third-order valence-electron chi connectivity index (χ3n) is 3.68. The average molecular weight is 266 g/mol. The van der Waals surface area contributed by atoms with Crippen LogP contribution >= 0.6 is 11.3 Å². The zero-order valence-corrected chi connectivity index (χ0v) is 11.6. The molecule has 1 N–H and O–H groups in total. The number of nitrogens with zero attached hydrogens (tertiary/aromatic N) is 1. The summed E-state index contributed by atoms with van der Waals surface area (Å²) in [5, 5.41) is 4.52. The van der Waals surface area contributed by atoms with Gasteiger partial charge in [-0.25, -0.2) is 4.98 Å². The van der Waals surface area contributed by atoms with E-state index in [0.717, 1.165) is 23.5 Å². The van der Waals surface area contributed by atoms with E-state index in [-0.39, 0.29) is 0 Å². The highest BCUT2D eigenvalue weighted by Crippen LogP contribution is 2.34. The third-order valence-corrected chi connectivity index (χ3v) is 4.75. The van der Waals surface area contributed by atoms with Crippen molar-refractivity contribution in [2.24, 2.45) is 0 Å². The van der Waals surface area contributed by atoms with E-state index in [9.17, 15) is 0 Å². The first-order valence-corrected chi connectivity index (χ1v) is 7.36. The van der Waals surface area contributed by atoms with Gasteiger partial charge < -0.3 is 5.32 Å². The highest BCUT2D eigenvalue weighted by molar-refractivity contribution is 7.21. The lowest BCUT2D eigenvalue weighted by Gasteiger charge is -2.01. The predicted molar refractivity (Wildman–Crippen MR) is 82.0 cm³/mol. The van der Waals surface area contributed by atoms with E-state index < -0.39 is 0 Å². The number of hydrogen-bond donors (Lipinski definition) is 1. The maximum absolute atomic E-state index is 4.81. The lowest BCUT2D eigenvalue weighted by Crippen LogP contribution is -1.90. The molecule has 3 aromatic rings. The molecule has 0 radical (unpaired) electrons. The van der Waals surface area contributed by atoms with Crippen LogP contribution < -0.4 is 5.32 Å². The number of aromatic nitrogens is 1. The first-order chi connectivity index (χ1) is 9.31. The van der Waals surface area contributed by atoms with Crippen molar-refractivity contribution in [2.45, 2.75) is 13.3 Å². The zero-order chi connectivity index (χ0) is 12.8. The van der Waals surface area contributed by atoms with Crippen LogP contribution in [0.25, 0.3) is 20.8 Å². The number of aryl methyl sites for hydroxylation is 1. The molecule has 1 aromatic heterocycles. The largest absolute Gasteiger partial charge is 0.384 e. The Bertz CT molecular complexity index is 774. The van der Waals surface area contributed by atoms with Crippen LogP contribution in [0.4, 0.5) is 5.69 Å². The van der Waals surface area contributed by atoms with Gasteiger partial charge in [0.25, 0.3) is 0 Å². The normalized spacial score (nSPS) is 13.5. The highest BCUT2D eigenvalue weighted by Gasteiger charge is 2.13. The van der Waals surface area contributed by atoms with E-state index in [2.05, 4.69) is 48.6 Å². The van der Waals surface area contributed by atoms with E-state index in [1.807, 2.05) is 0 Å². The zero-order valence-electron chi connectivity index (χ0n) is 10.7. The van der Waals surface area contributed by atoms with Gasteiger partial charge in [-0.3, -0.25) is 0 Å². The van der Waals surface area contributed by atoms with Crippen molar-refractivity contribution in [2.75, 3.05) is 11.9 Å². The Morgan fingerprint density at radius 1 is 1.21 bits per heavy atom. The minimum absolute atomic E-state index is 1.05. The van der Waals surface area contributed by atoms with E-state index in [4.69, 9.17) is 4.98 Å². The fourth-order valence-electron chi connectivity index (χ4n) is 2.65. The second-order valence-electron chi connectivity index (χ2n) is 4.99. The summed E-state index contributed by atoms with van der Waals surface area (Å²) in [5.41, 5.74) is 6.32. The highest BCUT2D eigenvalue weighted by atomic mass is 32.1. The van der Waals surface area contributed by atoms with Crippen LogP contribution in [0, 0.1) is 6.92 Å². The van der Waals surface area contributed by atoms with Gasteiger partial charge in [-0.1, -0.05) is 12.1 Å². The minimum atomic E-state index is 1.05. The second kappa shape index (κ2) is 4.07.